The molecule has 0 aliphatic carbocycles. The zero-order chi connectivity index (χ0) is 23.6. The number of fused-ring (bicyclic) bond motifs is 1. The number of benzene rings is 2. The Labute approximate surface area is 197 Å². The molecule has 2 aromatic carbocycles. The molecule has 9 nitrogen and oxygen atoms in total. The van der Waals surface area contributed by atoms with Crippen LogP contribution in [0.1, 0.15) is 5.56 Å². The molecule has 4 rings (SSSR count). The fourth-order valence-corrected chi connectivity index (χ4v) is 5.24. The number of sulfonamides is 1. The van der Waals surface area contributed by atoms with Gasteiger partial charge in [-0.1, -0.05) is 23.7 Å². The minimum Gasteiger partial charge on any atom is -0.368 e. The molecule has 0 unspecified atom stereocenters. The van der Waals surface area contributed by atoms with Crippen molar-refractivity contribution in [1.29, 1.82) is 0 Å². The van der Waals surface area contributed by atoms with Crippen LogP contribution in [0.3, 0.4) is 0 Å². The van der Waals surface area contributed by atoms with Crippen molar-refractivity contribution in [2.45, 2.75) is 4.90 Å². The normalized spacial score (nSPS) is 16.7. The fourth-order valence-electron chi connectivity index (χ4n) is 3.86. The van der Waals surface area contributed by atoms with Gasteiger partial charge in [0.15, 0.2) is 5.84 Å². The summed E-state index contributed by atoms with van der Waals surface area (Å²) < 4.78 is 28.2. The van der Waals surface area contributed by atoms with Crippen molar-refractivity contribution < 1.29 is 18.0 Å². The molecule has 33 heavy (non-hydrogen) atoms. The number of nitrogens with one attached hydrogen (secondary N) is 1. The Balaban J connectivity index is 1.26. The van der Waals surface area contributed by atoms with E-state index in [2.05, 4.69) is 14.6 Å². The first-order chi connectivity index (χ1) is 15.7. The lowest BCUT2D eigenvalue weighted by molar-refractivity contribution is -0.133. The lowest BCUT2D eigenvalue weighted by atomic mass is 10.2. The molecule has 0 bridgehead atoms. The molecule has 0 saturated carbocycles. The van der Waals surface area contributed by atoms with Crippen molar-refractivity contribution in [2.24, 2.45) is 4.40 Å². The van der Waals surface area contributed by atoms with Gasteiger partial charge in [-0.2, -0.15) is 8.42 Å². The molecule has 2 aromatic rings. The molecule has 0 aromatic heterocycles. The number of amides is 2. The first-order valence-electron chi connectivity index (χ1n) is 10.4. The molecule has 0 atom stereocenters. The second-order valence-electron chi connectivity index (χ2n) is 7.86. The Morgan fingerprint density at radius 2 is 1.73 bits per heavy atom. The summed E-state index contributed by atoms with van der Waals surface area (Å²) in [5.41, 5.74) is 1.52. The first-order valence-corrected chi connectivity index (χ1v) is 12.3. The lowest BCUT2D eigenvalue weighted by Crippen LogP contribution is -2.51. The third kappa shape index (κ3) is 5.12. The predicted octanol–water partition coefficient (Wildman–Crippen LogP) is 1.19. The van der Waals surface area contributed by atoms with E-state index < -0.39 is 15.9 Å². The van der Waals surface area contributed by atoms with E-state index in [1.807, 2.05) is 24.3 Å². The third-order valence-electron chi connectivity index (χ3n) is 5.62. The zero-order valence-corrected chi connectivity index (χ0v) is 19.6. The van der Waals surface area contributed by atoms with Crippen molar-refractivity contribution >= 4 is 45.0 Å². The van der Waals surface area contributed by atoms with Gasteiger partial charge < -0.3 is 20.0 Å². The lowest BCUT2D eigenvalue weighted by Gasteiger charge is -2.36. The number of carbonyl (C=O) groups excluding carboxylic acids is 2. The number of halogens is 1. The highest BCUT2D eigenvalue weighted by atomic mass is 35.5. The first kappa shape index (κ1) is 23.1. The van der Waals surface area contributed by atoms with E-state index in [9.17, 15) is 18.0 Å². The second-order valence-corrected chi connectivity index (χ2v) is 9.87. The number of anilines is 1. The number of rotatable bonds is 5. The van der Waals surface area contributed by atoms with Crippen LogP contribution in [0.4, 0.5) is 5.69 Å². The van der Waals surface area contributed by atoms with Gasteiger partial charge in [-0.15, -0.1) is 4.40 Å². The van der Waals surface area contributed by atoms with Gasteiger partial charge in [0, 0.05) is 49.5 Å². The Hall–Kier alpha value is -3.11. The maximum absolute atomic E-state index is 12.5. The summed E-state index contributed by atoms with van der Waals surface area (Å²) in [6.45, 7) is 2.26. The monoisotopic (exact) mass is 489 g/mol. The van der Waals surface area contributed by atoms with E-state index in [1.165, 1.54) is 11.0 Å². The highest BCUT2D eigenvalue weighted by molar-refractivity contribution is 7.90. The van der Waals surface area contributed by atoms with E-state index in [1.54, 1.807) is 30.1 Å². The van der Waals surface area contributed by atoms with Crippen molar-refractivity contribution in [2.75, 3.05) is 51.2 Å². The minimum atomic E-state index is -3.76. The standard InChI is InChI=1S/C22H24ClN5O4S/c1-26(22-18-4-2-3-5-19(18)33(31,32)25-22)15-20(29)24-14-21(30)28-12-10-27(11-13-28)17-8-6-16(23)7-9-17/h2-9H,10-15H2,1H3,(H,24,29). The molecule has 1 saturated heterocycles. The molecular formula is C22H24ClN5O4S. The topological polar surface area (TPSA) is 102 Å². The SMILES string of the molecule is CN(CC(=O)NCC(=O)N1CCN(c2ccc(Cl)cc2)CC1)C1=NS(=O)(=O)c2ccccc21. The summed E-state index contributed by atoms with van der Waals surface area (Å²) in [5.74, 6) is -0.339. The summed E-state index contributed by atoms with van der Waals surface area (Å²) in [6.07, 6.45) is 0. The van der Waals surface area contributed by atoms with Crippen molar-refractivity contribution in [3.05, 3.63) is 59.1 Å². The van der Waals surface area contributed by atoms with Crippen LogP contribution in [-0.2, 0) is 19.6 Å². The summed E-state index contributed by atoms with van der Waals surface area (Å²) in [4.78, 5) is 30.4. The van der Waals surface area contributed by atoms with Gasteiger partial charge in [-0.05, 0) is 36.4 Å². The molecule has 1 N–H and O–H groups in total. The number of nitrogens with zero attached hydrogens (tertiary/aromatic N) is 4. The number of amidine groups is 1. The molecule has 2 heterocycles. The third-order valence-corrected chi connectivity index (χ3v) is 7.19. The predicted molar refractivity (Wildman–Crippen MR) is 126 cm³/mol. The molecule has 2 aliphatic rings. The van der Waals surface area contributed by atoms with Gasteiger partial charge in [0.2, 0.25) is 11.8 Å². The average molecular weight is 490 g/mol. The fraction of sp³-hybridized carbons (Fsp3) is 0.318. The summed E-state index contributed by atoms with van der Waals surface area (Å²) in [6, 6.07) is 14.1. The molecule has 174 valence electrons. The molecule has 1 fully saturated rings. The highest BCUT2D eigenvalue weighted by Gasteiger charge is 2.31. The van der Waals surface area contributed by atoms with Crippen LogP contribution < -0.4 is 10.2 Å². The van der Waals surface area contributed by atoms with Gasteiger partial charge in [0.25, 0.3) is 10.0 Å². The number of likely N-dealkylation sites (N-methyl/N-ethyl adjacent to an activating group) is 1. The molecule has 0 spiro atoms. The van der Waals surface area contributed by atoms with Crippen LogP contribution in [0.25, 0.3) is 0 Å². The Morgan fingerprint density at radius 1 is 1.06 bits per heavy atom. The maximum Gasteiger partial charge on any atom is 0.285 e. The molecule has 2 amide bonds. The molecule has 0 radical (unpaired) electrons. The van der Waals surface area contributed by atoms with E-state index in [4.69, 9.17) is 11.6 Å². The molecule has 11 heteroatoms. The van der Waals surface area contributed by atoms with Gasteiger partial charge in [-0.25, -0.2) is 0 Å². The largest absolute Gasteiger partial charge is 0.368 e. The second kappa shape index (κ2) is 9.40. The van der Waals surface area contributed by atoms with Crippen molar-refractivity contribution in [1.82, 2.24) is 15.1 Å². The maximum atomic E-state index is 12.5. The minimum absolute atomic E-state index is 0.116. The van der Waals surface area contributed by atoms with Gasteiger partial charge in [-0.3, -0.25) is 9.59 Å². The molecular weight excluding hydrogens is 466 g/mol. The smallest absolute Gasteiger partial charge is 0.285 e. The highest BCUT2D eigenvalue weighted by Crippen LogP contribution is 2.26. The quantitative estimate of drug-likeness (QED) is 0.676. The van der Waals surface area contributed by atoms with Crippen molar-refractivity contribution in [3.63, 3.8) is 0 Å². The Kier molecular flexibility index (Phi) is 6.57. The number of hydrogen-bond acceptors (Lipinski definition) is 6. The Bertz CT molecular complexity index is 1190. The van der Waals surface area contributed by atoms with Gasteiger partial charge in [0.1, 0.15) is 4.90 Å². The van der Waals surface area contributed by atoms with Gasteiger partial charge in [0.05, 0.1) is 13.1 Å². The van der Waals surface area contributed by atoms with E-state index in [-0.39, 0.29) is 29.7 Å². The van der Waals surface area contributed by atoms with E-state index in [0.29, 0.717) is 36.8 Å². The van der Waals surface area contributed by atoms with Crippen LogP contribution in [0.15, 0.2) is 57.8 Å². The van der Waals surface area contributed by atoms with E-state index >= 15 is 0 Å². The van der Waals surface area contributed by atoms with Gasteiger partial charge >= 0.3 is 0 Å². The number of hydrogen-bond donors (Lipinski definition) is 1. The summed E-state index contributed by atoms with van der Waals surface area (Å²) in [7, 11) is -2.17. The van der Waals surface area contributed by atoms with Crippen molar-refractivity contribution in [3.8, 4) is 0 Å². The summed E-state index contributed by atoms with van der Waals surface area (Å²) >= 11 is 5.94. The average Bonchev–Trinajstić information content (AvgIpc) is 3.09. The van der Waals surface area contributed by atoms with Crippen LogP contribution in [0.2, 0.25) is 5.02 Å². The van der Waals surface area contributed by atoms with Crippen LogP contribution in [-0.4, -0.2) is 82.2 Å². The summed E-state index contributed by atoms with van der Waals surface area (Å²) in [5, 5.41) is 3.30. The van der Waals surface area contributed by atoms with Crippen LogP contribution in [0.5, 0.6) is 0 Å². The Morgan fingerprint density at radius 3 is 2.42 bits per heavy atom. The van der Waals surface area contributed by atoms with E-state index in [0.717, 1.165) is 5.69 Å². The van der Waals surface area contributed by atoms with Crippen LogP contribution >= 0.6 is 11.6 Å². The number of carbonyl (C=O) groups is 2. The molecule has 2 aliphatic heterocycles. The zero-order valence-electron chi connectivity index (χ0n) is 18.1. The number of piperazine rings is 1. The van der Waals surface area contributed by atoms with Crippen LogP contribution in [0, 0.1) is 0 Å².